The van der Waals surface area contributed by atoms with E-state index in [9.17, 15) is 14.7 Å². The van der Waals surface area contributed by atoms with Crippen LogP contribution < -0.4 is 5.32 Å². The molecule has 6 heteroatoms. The summed E-state index contributed by atoms with van der Waals surface area (Å²) in [5.74, 6) is -1.38. The fourth-order valence-electron chi connectivity index (χ4n) is 3.07. The number of furan rings is 1. The second-order valence-corrected chi connectivity index (χ2v) is 6.13. The van der Waals surface area contributed by atoms with Crippen molar-refractivity contribution in [3.05, 3.63) is 34.5 Å². The number of fused-ring (bicyclic) bond motifs is 1. The molecule has 0 radical (unpaired) electrons. The standard InChI is InChI=1S/C16H16ClNO4/c1-9-10-5-4-6-11(17)13(10)22-12(9)14(19)18-16(15(20)21)7-2-3-8-16/h4-6H,2-3,7-8H2,1H3,(H,18,19)(H,20,21). The van der Waals surface area contributed by atoms with Gasteiger partial charge < -0.3 is 14.8 Å². The fourth-order valence-corrected chi connectivity index (χ4v) is 3.28. The maximum Gasteiger partial charge on any atom is 0.329 e. The lowest BCUT2D eigenvalue weighted by Crippen LogP contribution is -2.52. The number of para-hydroxylation sites is 1. The number of carboxylic acid groups (broad SMARTS) is 1. The molecule has 1 amide bonds. The summed E-state index contributed by atoms with van der Waals surface area (Å²) < 4.78 is 5.59. The minimum atomic E-state index is -1.19. The molecule has 0 bridgehead atoms. The summed E-state index contributed by atoms with van der Waals surface area (Å²) >= 11 is 6.08. The molecule has 116 valence electrons. The van der Waals surface area contributed by atoms with Gasteiger partial charge in [0.15, 0.2) is 11.3 Å². The van der Waals surface area contributed by atoms with Crippen molar-refractivity contribution in [2.75, 3.05) is 0 Å². The number of nitrogens with one attached hydrogen (secondary N) is 1. The van der Waals surface area contributed by atoms with Gasteiger partial charge in [-0.2, -0.15) is 0 Å². The van der Waals surface area contributed by atoms with Gasteiger partial charge in [-0.1, -0.05) is 36.6 Å². The molecule has 0 spiro atoms. The van der Waals surface area contributed by atoms with E-state index in [0.29, 0.717) is 29.0 Å². The van der Waals surface area contributed by atoms with E-state index in [4.69, 9.17) is 16.0 Å². The summed E-state index contributed by atoms with van der Waals surface area (Å²) in [5.41, 5.74) is -0.0807. The number of hydrogen-bond donors (Lipinski definition) is 2. The van der Waals surface area contributed by atoms with Crippen LogP contribution in [-0.4, -0.2) is 22.5 Å². The summed E-state index contributed by atoms with van der Waals surface area (Å²) in [6.45, 7) is 1.76. The zero-order valence-corrected chi connectivity index (χ0v) is 12.9. The first-order chi connectivity index (χ1) is 10.4. The van der Waals surface area contributed by atoms with E-state index >= 15 is 0 Å². The molecule has 0 unspecified atom stereocenters. The lowest BCUT2D eigenvalue weighted by atomic mass is 9.97. The van der Waals surface area contributed by atoms with Gasteiger partial charge in [0.25, 0.3) is 5.91 Å². The van der Waals surface area contributed by atoms with Crippen molar-refractivity contribution >= 4 is 34.4 Å². The summed E-state index contributed by atoms with van der Waals surface area (Å²) in [5, 5.41) is 13.3. The topological polar surface area (TPSA) is 79.5 Å². The summed E-state index contributed by atoms with van der Waals surface area (Å²) in [4.78, 5) is 24.0. The highest BCUT2D eigenvalue weighted by atomic mass is 35.5. The Morgan fingerprint density at radius 1 is 1.32 bits per heavy atom. The number of carbonyl (C=O) groups is 2. The zero-order valence-electron chi connectivity index (χ0n) is 12.1. The Labute approximate surface area is 132 Å². The van der Waals surface area contributed by atoms with Crippen molar-refractivity contribution < 1.29 is 19.1 Å². The Morgan fingerprint density at radius 3 is 2.59 bits per heavy atom. The van der Waals surface area contributed by atoms with Gasteiger partial charge in [0, 0.05) is 10.9 Å². The Morgan fingerprint density at radius 2 is 2.00 bits per heavy atom. The second kappa shape index (κ2) is 5.32. The molecule has 22 heavy (non-hydrogen) atoms. The Kier molecular flexibility index (Phi) is 3.60. The van der Waals surface area contributed by atoms with E-state index in [0.717, 1.165) is 18.2 Å². The summed E-state index contributed by atoms with van der Waals surface area (Å²) in [7, 11) is 0. The third-order valence-electron chi connectivity index (χ3n) is 4.34. The number of amides is 1. The van der Waals surface area contributed by atoms with E-state index in [1.165, 1.54) is 0 Å². The number of benzene rings is 1. The van der Waals surface area contributed by atoms with Gasteiger partial charge in [-0.25, -0.2) is 4.79 Å². The zero-order chi connectivity index (χ0) is 15.9. The molecule has 0 saturated heterocycles. The number of rotatable bonds is 3. The minimum Gasteiger partial charge on any atom is -0.480 e. The smallest absolute Gasteiger partial charge is 0.329 e. The van der Waals surface area contributed by atoms with E-state index in [1.807, 2.05) is 6.07 Å². The fraction of sp³-hybridized carbons (Fsp3) is 0.375. The van der Waals surface area contributed by atoms with Crippen molar-refractivity contribution in [1.29, 1.82) is 0 Å². The second-order valence-electron chi connectivity index (χ2n) is 5.72. The average Bonchev–Trinajstić information content (AvgIpc) is 3.06. The van der Waals surface area contributed by atoms with Crippen molar-refractivity contribution in [2.24, 2.45) is 0 Å². The summed E-state index contributed by atoms with van der Waals surface area (Å²) in [6, 6.07) is 5.29. The van der Waals surface area contributed by atoms with Crippen LogP contribution in [-0.2, 0) is 4.79 Å². The van der Waals surface area contributed by atoms with Gasteiger partial charge in [-0.15, -0.1) is 0 Å². The van der Waals surface area contributed by atoms with Crippen molar-refractivity contribution in [3.63, 3.8) is 0 Å². The highest BCUT2D eigenvalue weighted by molar-refractivity contribution is 6.35. The molecule has 2 aromatic rings. The Balaban J connectivity index is 1.97. The van der Waals surface area contributed by atoms with Crippen molar-refractivity contribution in [3.8, 4) is 0 Å². The minimum absolute atomic E-state index is 0.121. The molecule has 0 atom stereocenters. The van der Waals surface area contributed by atoms with Crippen LogP contribution in [0.4, 0.5) is 0 Å². The van der Waals surface area contributed by atoms with E-state index in [1.54, 1.807) is 19.1 Å². The van der Waals surface area contributed by atoms with Crippen LogP contribution in [0.5, 0.6) is 0 Å². The molecule has 1 heterocycles. The molecule has 0 aliphatic heterocycles. The predicted octanol–water partition coefficient (Wildman–Crippen LogP) is 3.52. The highest BCUT2D eigenvalue weighted by Crippen LogP contribution is 2.33. The monoisotopic (exact) mass is 321 g/mol. The number of carboxylic acids is 1. The van der Waals surface area contributed by atoms with Gasteiger partial charge in [-0.3, -0.25) is 4.79 Å². The molecule has 3 rings (SSSR count). The largest absolute Gasteiger partial charge is 0.480 e. The third-order valence-corrected chi connectivity index (χ3v) is 4.64. The van der Waals surface area contributed by atoms with Crippen LogP contribution in [0.15, 0.2) is 22.6 Å². The van der Waals surface area contributed by atoms with Crippen LogP contribution in [0, 0.1) is 6.92 Å². The predicted molar refractivity (Wildman–Crippen MR) is 82.3 cm³/mol. The molecule has 5 nitrogen and oxygen atoms in total. The molecule has 1 aliphatic rings. The molecular weight excluding hydrogens is 306 g/mol. The maximum absolute atomic E-state index is 12.5. The molecule has 1 saturated carbocycles. The number of hydrogen-bond acceptors (Lipinski definition) is 3. The van der Waals surface area contributed by atoms with E-state index in [-0.39, 0.29) is 5.76 Å². The summed E-state index contributed by atoms with van der Waals surface area (Å²) in [6.07, 6.45) is 2.46. The quantitative estimate of drug-likeness (QED) is 0.906. The van der Waals surface area contributed by atoms with Gasteiger partial charge in [-0.05, 0) is 25.8 Å². The molecule has 1 aromatic heterocycles. The van der Waals surface area contributed by atoms with Gasteiger partial charge in [0.05, 0.1) is 5.02 Å². The van der Waals surface area contributed by atoms with Crippen LogP contribution in [0.3, 0.4) is 0 Å². The Bertz CT molecular complexity index is 759. The number of aryl methyl sites for hydroxylation is 1. The SMILES string of the molecule is Cc1c(C(=O)NC2(C(=O)O)CCCC2)oc2c(Cl)cccc12. The maximum atomic E-state index is 12.5. The average molecular weight is 322 g/mol. The third kappa shape index (κ3) is 2.25. The normalized spacial score (nSPS) is 16.8. The van der Waals surface area contributed by atoms with Crippen LogP contribution in [0.25, 0.3) is 11.0 Å². The van der Waals surface area contributed by atoms with Crippen molar-refractivity contribution in [1.82, 2.24) is 5.32 Å². The number of halogens is 1. The molecule has 1 aromatic carbocycles. The van der Waals surface area contributed by atoms with E-state index in [2.05, 4.69) is 5.32 Å². The number of aliphatic carboxylic acids is 1. The first-order valence-electron chi connectivity index (χ1n) is 7.18. The van der Waals surface area contributed by atoms with Crippen LogP contribution >= 0.6 is 11.6 Å². The first kappa shape index (κ1) is 14.9. The lowest BCUT2D eigenvalue weighted by molar-refractivity contribution is -0.144. The van der Waals surface area contributed by atoms with Crippen molar-refractivity contribution in [2.45, 2.75) is 38.1 Å². The molecule has 1 aliphatic carbocycles. The number of carbonyl (C=O) groups excluding carboxylic acids is 1. The Hall–Kier alpha value is -2.01. The molecule has 2 N–H and O–H groups in total. The van der Waals surface area contributed by atoms with Gasteiger partial charge >= 0.3 is 5.97 Å². The van der Waals surface area contributed by atoms with Crippen LogP contribution in [0.1, 0.15) is 41.8 Å². The van der Waals surface area contributed by atoms with Gasteiger partial charge in [0.2, 0.25) is 0 Å². The van der Waals surface area contributed by atoms with Crippen LogP contribution in [0.2, 0.25) is 5.02 Å². The highest BCUT2D eigenvalue weighted by Gasteiger charge is 2.43. The lowest BCUT2D eigenvalue weighted by Gasteiger charge is -2.24. The first-order valence-corrected chi connectivity index (χ1v) is 7.56. The van der Waals surface area contributed by atoms with E-state index < -0.39 is 17.4 Å². The molecule has 1 fully saturated rings. The molecular formula is C16H16ClNO4. The van der Waals surface area contributed by atoms with Gasteiger partial charge in [0.1, 0.15) is 5.54 Å².